The van der Waals surface area contributed by atoms with Gasteiger partial charge in [-0.25, -0.2) is 0 Å². The average molecular weight is 788 g/mol. The van der Waals surface area contributed by atoms with E-state index in [4.69, 9.17) is 4.42 Å². The standard InChI is InChI=1S/C55H33NOS2/c1-2-14-34(15-3-1)37-19-12-27-52-53(37)42-33-36(29-31-50(42)58-52)56(35-28-30-49-41(32-35)40-18-6-10-25-48(40)57-49)47-24-13-23-46-54(47)59-51-26-11-9-22-45(51)55(46)43-20-7-4-16-38(43)39-17-5-8-21-44(39)55/h1-33H. The van der Waals surface area contributed by atoms with Crippen molar-refractivity contribution in [1.29, 1.82) is 0 Å². The van der Waals surface area contributed by atoms with Crippen LogP contribution >= 0.6 is 23.1 Å². The van der Waals surface area contributed by atoms with Crippen molar-refractivity contribution in [1.82, 2.24) is 0 Å². The molecule has 0 N–H and O–H groups in total. The minimum absolute atomic E-state index is 0.477. The molecule has 276 valence electrons. The van der Waals surface area contributed by atoms with Crippen LogP contribution in [0.4, 0.5) is 17.1 Å². The van der Waals surface area contributed by atoms with E-state index in [1.807, 2.05) is 29.2 Å². The molecule has 0 saturated heterocycles. The first-order valence-corrected chi connectivity index (χ1v) is 21.7. The lowest BCUT2D eigenvalue weighted by Gasteiger charge is -2.41. The summed E-state index contributed by atoms with van der Waals surface area (Å²) in [4.78, 5) is 5.03. The summed E-state index contributed by atoms with van der Waals surface area (Å²) in [6.07, 6.45) is 0. The average Bonchev–Trinajstić information content (AvgIpc) is 3.96. The summed E-state index contributed by atoms with van der Waals surface area (Å²) in [6, 6.07) is 73.8. The van der Waals surface area contributed by atoms with Crippen LogP contribution in [0, 0.1) is 0 Å². The summed E-state index contributed by atoms with van der Waals surface area (Å²) in [5.74, 6) is 0. The molecule has 0 atom stereocenters. The maximum atomic E-state index is 6.39. The molecule has 3 heterocycles. The third-order valence-corrected chi connectivity index (χ3v) is 14.9. The van der Waals surface area contributed by atoms with Crippen molar-refractivity contribution < 1.29 is 4.42 Å². The van der Waals surface area contributed by atoms with E-state index in [2.05, 4.69) is 199 Å². The van der Waals surface area contributed by atoms with Crippen LogP contribution in [0.1, 0.15) is 22.3 Å². The molecule has 0 unspecified atom stereocenters. The van der Waals surface area contributed by atoms with E-state index in [1.54, 1.807) is 0 Å². The molecule has 13 rings (SSSR count). The second-order valence-corrected chi connectivity index (χ2v) is 17.7. The maximum Gasteiger partial charge on any atom is 0.135 e. The second kappa shape index (κ2) is 12.6. The van der Waals surface area contributed by atoms with Gasteiger partial charge in [0.2, 0.25) is 0 Å². The van der Waals surface area contributed by atoms with Gasteiger partial charge < -0.3 is 9.32 Å². The largest absolute Gasteiger partial charge is 0.456 e. The molecule has 0 amide bonds. The highest BCUT2D eigenvalue weighted by atomic mass is 32.2. The fourth-order valence-corrected chi connectivity index (χ4v) is 12.5. The monoisotopic (exact) mass is 787 g/mol. The molecule has 4 heteroatoms. The van der Waals surface area contributed by atoms with Crippen LogP contribution < -0.4 is 4.90 Å². The molecular formula is C55H33NOS2. The van der Waals surface area contributed by atoms with Crippen molar-refractivity contribution in [2.24, 2.45) is 0 Å². The van der Waals surface area contributed by atoms with E-state index >= 15 is 0 Å². The SMILES string of the molecule is c1ccc(-c2cccc3sc4ccc(N(c5ccc6oc7ccccc7c6c5)c5cccc6c5Sc5ccccc5C65c6ccccc6-c6ccccc65)cc4c23)cc1. The second-order valence-electron chi connectivity index (χ2n) is 15.5. The normalized spacial score (nSPS) is 13.5. The fraction of sp³-hybridized carbons (Fsp3) is 0.0182. The van der Waals surface area contributed by atoms with Gasteiger partial charge in [-0.2, -0.15) is 0 Å². The van der Waals surface area contributed by atoms with Gasteiger partial charge in [0.05, 0.1) is 11.1 Å². The molecule has 9 aromatic carbocycles. The Kier molecular flexibility index (Phi) is 7.07. The molecule has 0 bridgehead atoms. The fourth-order valence-electron chi connectivity index (χ4n) is 10.1. The molecule has 11 aromatic rings. The number of anilines is 3. The minimum Gasteiger partial charge on any atom is -0.456 e. The van der Waals surface area contributed by atoms with E-state index in [1.165, 1.54) is 74.5 Å². The zero-order chi connectivity index (χ0) is 38.7. The van der Waals surface area contributed by atoms with Gasteiger partial charge in [0.15, 0.2) is 0 Å². The highest BCUT2D eigenvalue weighted by Crippen LogP contribution is 2.64. The Bertz CT molecular complexity index is 3460. The van der Waals surface area contributed by atoms with Crippen LogP contribution in [-0.2, 0) is 5.41 Å². The Hall–Kier alpha value is -6.85. The Morgan fingerprint density at radius 3 is 1.88 bits per heavy atom. The van der Waals surface area contributed by atoms with Crippen LogP contribution in [-0.4, -0.2) is 0 Å². The third kappa shape index (κ3) is 4.64. The Labute approximate surface area is 349 Å². The van der Waals surface area contributed by atoms with Gasteiger partial charge in [-0.1, -0.05) is 151 Å². The molecule has 0 radical (unpaired) electrons. The van der Waals surface area contributed by atoms with Gasteiger partial charge in [0.25, 0.3) is 0 Å². The van der Waals surface area contributed by atoms with Gasteiger partial charge in [-0.05, 0) is 105 Å². The first-order valence-electron chi connectivity index (χ1n) is 20.1. The van der Waals surface area contributed by atoms with Crippen LogP contribution in [0.2, 0.25) is 0 Å². The van der Waals surface area contributed by atoms with E-state index < -0.39 is 5.41 Å². The topological polar surface area (TPSA) is 16.4 Å². The smallest absolute Gasteiger partial charge is 0.135 e. The van der Waals surface area contributed by atoms with Crippen LogP contribution in [0.5, 0.6) is 0 Å². The number of nitrogens with zero attached hydrogens (tertiary/aromatic N) is 1. The number of furan rings is 1. The number of thiophene rings is 1. The van der Waals surface area contributed by atoms with Crippen molar-refractivity contribution in [2.75, 3.05) is 4.90 Å². The Balaban J connectivity index is 1.12. The molecular weight excluding hydrogens is 755 g/mol. The van der Waals surface area contributed by atoms with Crippen LogP contribution in [0.15, 0.2) is 214 Å². The number of hydrogen-bond donors (Lipinski definition) is 0. The highest BCUT2D eigenvalue weighted by Gasteiger charge is 2.50. The molecule has 59 heavy (non-hydrogen) atoms. The van der Waals surface area contributed by atoms with Gasteiger partial charge in [0, 0.05) is 52.1 Å². The number of hydrogen-bond acceptors (Lipinski definition) is 4. The van der Waals surface area contributed by atoms with E-state index in [9.17, 15) is 0 Å². The summed E-state index contributed by atoms with van der Waals surface area (Å²) in [5.41, 5.74) is 15.1. The van der Waals surface area contributed by atoms with Gasteiger partial charge in [-0.15, -0.1) is 11.3 Å². The van der Waals surface area contributed by atoms with E-state index in [-0.39, 0.29) is 0 Å². The molecule has 2 aliphatic rings. The first-order chi connectivity index (χ1) is 29.3. The molecule has 1 aliphatic carbocycles. The first kappa shape index (κ1) is 33.2. The lowest BCUT2D eigenvalue weighted by atomic mass is 9.67. The maximum absolute atomic E-state index is 6.39. The zero-order valence-corrected chi connectivity index (χ0v) is 33.4. The quantitative estimate of drug-likeness (QED) is 0.177. The summed E-state index contributed by atoms with van der Waals surface area (Å²) in [7, 11) is 0. The number of fused-ring (bicyclic) bond motifs is 15. The summed E-state index contributed by atoms with van der Waals surface area (Å²) >= 11 is 3.76. The summed E-state index contributed by atoms with van der Waals surface area (Å²) in [6.45, 7) is 0. The number of rotatable bonds is 4. The summed E-state index contributed by atoms with van der Waals surface area (Å²) < 4.78 is 8.96. The Morgan fingerprint density at radius 1 is 0.424 bits per heavy atom. The molecule has 1 spiro atoms. The van der Waals surface area contributed by atoms with Crippen LogP contribution in [0.25, 0.3) is 64.4 Å². The predicted octanol–water partition coefficient (Wildman–Crippen LogP) is 15.9. The van der Waals surface area contributed by atoms with Crippen molar-refractivity contribution in [3.05, 3.63) is 222 Å². The van der Waals surface area contributed by atoms with Crippen molar-refractivity contribution >= 4 is 82.3 Å². The molecule has 0 saturated carbocycles. The van der Waals surface area contributed by atoms with Gasteiger partial charge in [-0.3, -0.25) is 0 Å². The van der Waals surface area contributed by atoms with Crippen molar-refractivity contribution in [3.8, 4) is 22.3 Å². The molecule has 1 aliphatic heterocycles. The molecule has 0 fully saturated rings. The summed E-state index contributed by atoms with van der Waals surface area (Å²) in [5, 5.41) is 4.79. The molecule has 2 aromatic heterocycles. The third-order valence-electron chi connectivity index (χ3n) is 12.5. The van der Waals surface area contributed by atoms with Crippen molar-refractivity contribution in [2.45, 2.75) is 15.2 Å². The van der Waals surface area contributed by atoms with Gasteiger partial charge >= 0.3 is 0 Å². The minimum atomic E-state index is -0.477. The lowest BCUT2D eigenvalue weighted by Crippen LogP contribution is -2.32. The van der Waals surface area contributed by atoms with Crippen LogP contribution in [0.3, 0.4) is 0 Å². The lowest BCUT2D eigenvalue weighted by molar-refractivity contribution is 0.669. The number of benzene rings is 9. The zero-order valence-electron chi connectivity index (χ0n) is 31.7. The molecule has 2 nitrogen and oxygen atoms in total. The van der Waals surface area contributed by atoms with Crippen molar-refractivity contribution in [3.63, 3.8) is 0 Å². The van der Waals surface area contributed by atoms with E-state index in [0.717, 1.165) is 39.0 Å². The Morgan fingerprint density at radius 2 is 1.05 bits per heavy atom. The number of para-hydroxylation sites is 1. The highest BCUT2D eigenvalue weighted by molar-refractivity contribution is 7.99. The van der Waals surface area contributed by atoms with Gasteiger partial charge in [0.1, 0.15) is 11.2 Å². The predicted molar refractivity (Wildman–Crippen MR) is 248 cm³/mol. The van der Waals surface area contributed by atoms with E-state index in [0.29, 0.717) is 0 Å².